The molecule has 142 valence electrons. The summed E-state index contributed by atoms with van der Waals surface area (Å²) in [4.78, 5) is 24.6. The molecule has 0 saturated heterocycles. The van der Waals surface area contributed by atoms with E-state index in [2.05, 4.69) is 17.9 Å². The summed E-state index contributed by atoms with van der Waals surface area (Å²) in [6.07, 6.45) is 0.242. The van der Waals surface area contributed by atoms with Crippen LogP contribution in [0.25, 0.3) is 11.1 Å². The van der Waals surface area contributed by atoms with E-state index in [4.69, 9.17) is 0 Å². The molecule has 5 heteroatoms. The Morgan fingerprint density at radius 3 is 2.14 bits per heavy atom. The number of Topliss-reactive ketones (excluding diaryl/α,β-unsaturated/α-hetero) is 1. The van der Waals surface area contributed by atoms with Gasteiger partial charge in [-0.3, -0.25) is 4.79 Å². The van der Waals surface area contributed by atoms with Gasteiger partial charge in [0, 0.05) is 23.3 Å². The SMILES string of the molecule is O=C(Cc1ccccc1)c1cccc(-c2ccccc2)c1NC(CS)C(=O)O. The van der Waals surface area contributed by atoms with Crippen molar-refractivity contribution in [3.05, 3.63) is 90.0 Å². The van der Waals surface area contributed by atoms with E-state index in [0.717, 1.165) is 16.7 Å². The predicted molar refractivity (Wildman–Crippen MR) is 115 cm³/mol. The van der Waals surface area contributed by atoms with Gasteiger partial charge < -0.3 is 10.4 Å². The minimum Gasteiger partial charge on any atom is -0.480 e. The first kappa shape index (κ1) is 19.7. The van der Waals surface area contributed by atoms with Crippen LogP contribution in [0, 0.1) is 0 Å². The normalized spacial score (nSPS) is 11.6. The lowest BCUT2D eigenvalue weighted by molar-refractivity contribution is -0.137. The number of para-hydroxylation sites is 1. The molecule has 3 rings (SSSR count). The van der Waals surface area contributed by atoms with Gasteiger partial charge in [0.05, 0.1) is 5.69 Å². The van der Waals surface area contributed by atoms with E-state index in [-0.39, 0.29) is 18.0 Å². The summed E-state index contributed by atoms with van der Waals surface area (Å²) in [5.74, 6) is -0.987. The zero-order valence-corrected chi connectivity index (χ0v) is 16.1. The third-order valence-electron chi connectivity index (χ3n) is 4.46. The van der Waals surface area contributed by atoms with Gasteiger partial charge in [0.25, 0.3) is 0 Å². The number of carboxylic acids is 1. The highest BCUT2D eigenvalue weighted by Gasteiger charge is 2.22. The second-order valence-corrected chi connectivity index (χ2v) is 6.76. The van der Waals surface area contributed by atoms with E-state index in [1.54, 1.807) is 6.07 Å². The van der Waals surface area contributed by atoms with E-state index in [1.807, 2.05) is 72.8 Å². The highest BCUT2D eigenvalue weighted by Crippen LogP contribution is 2.32. The van der Waals surface area contributed by atoms with Crippen LogP contribution in [-0.4, -0.2) is 28.7 Å². The number of rotatable bonds is 8. The average Bonchev–Trinajstić information content (AvgIpc) is 2.73. The molecule has 0 heterocycles. The molecule has 2 N–H and O–H groups in total. The summed E-state index contributed by atoms with van der Waals surface area (Å²) >= 11 is 4.14. The standard InChI is InChI=1S/C23H21NO3S/c25-21(14-16-8-3-1-4-9-16)19-13-7-12-18(17-10-5-2-6-11-17)22(19)24-20(15-28)23(26)27/h1-13,20,24,28H,14-15H2,(H,26,27). The van der Waals surface area contributed by atoms with Crippen LogP contribution < -0.4 is 5.32 Å². The first-order valence-electron chi connectivity index (χ1n) is 8.96. The van der Waals surface area contributed by atoms with Crippen LogP contribution in [-0.2, 0) is 11.2 Å². The van der Waals surface area contributed by atoms with E-state index < -0.39 is 12.0 Å². The van der Waals surface area contributed by atoms with Crippen LogP contribution in [0.5, 0.6) is 0 Å². The van der Waals surface area contributed by atoms with Crippen molar-refractivity contribution in [1.82, 2.24) is 0 Å². The van der Waals surface area contributed by atoms with Crippen molar-refractivity contribution < 1.29 is 14.7 Å². The van der Waals surface area contributed by atoms with Crippen molar-refractivity contribution in [1.29, 1.82) is 0 Å². The number of aliphatic carboxylic acids is 1. The number of carbonyl (C=O) groups is 2. The number of anilines is 1. The summed E-state index contributed by atoms with van der Waals surface area (Å²) in [5, 5.41) is 12.5. The van der Waals surface area contributed by atoms with Crippen LogP contribution >= 0.6 is 12.6 Å². The van der Waals surface area contributed by atoms with E-state index in [9.17, 15) is 14.7 Å². The zero-order valence-electron chi connectivity index (χ0n) is 15.2. The maximum Gasteiger partial charge on any atom is 0.326 e. The number of carbonyl (C=O) groups excluding carboxylic acids is 1. The molecule has 0 fully saturated rings. The van der Waals surface area contributed by atoms with Crippen LogP contribution in [0.4, 0.5) is 5.69 Å². The Kier molecular flexibility index (Phi) is 6.50. The Hall–Kier alpha value is -3.05. The number of hydrogen-bond donors (Lipinski definition) is 3. The van der Waals surface area contributed by atoms with Gasteiger partial charge in [0.15, 0.2) is 5.78 Å². The Morgan fingerprint density at radius 1 is 0.893 bits per heavy atom. The Balaban J connectivity index is 2.05. The third kappa shape index (κ3) is 4.61. The fraction of sp³-hybridized carbons (Fsp3) is 0.130. The lowest BCUT2D eigenvalue weighted by Gasteiger charge is -2.20. The van der Waals surface area contributed by atoms with Gasteiger partial charge in [-0.1, -0.05) is 72.8 Å². The van der Waals surface area contributed by atoms with Crippen LogP contribution in [0.1, 0.15) is 15.9 Å². The molecule has 0 aliphatic rings. The molecule has 4 nitrogen and oxygen atoms in total. The summed E-state index contributed by atoms with van der Waals surface area (Å²) in [6, 6.07) is 23.6. The number of nitrogens with one attached hydrogen (secondary N) is 1. The van der Waals surface area contributed by atoms with Crippen LogP contribution in [0.15, 0.2) is 78.9 Å². The number of hydrogen-bond acceptors (Lipinski definition) is 4. The zero-order chi connectivity index (χ0) is 19.9. The second-order valence-electron chi connectivity index (χ2n) is 6.40. The van der Waals surface area contributed by atoms with Crippen LogP contribution in [0.3, 0.4) is 0 Å². The summed E-state index contributed by atoms with van der Waals surface area (Å²) in [5.41, 5.74) is 3.59. The maximum atomic E-state index is 13.1. The predicted octanol–water partition coefficient (Wildman–Crippen LogP) is 4.57. The van der Waals surface area contributed by atoms with E-state index in [0.29, 0.717) is 11.3 Å². The van der Waals surface area contributed by atoms with Crippen molar-refractivity contribution in [3.63, 3.8) is 0 Å². The molecule has 0 aliphatic carbocycles. The molecule has 28 heavy (non-hydrogen) atoms. The summed E-state index contributed by atoms with van der Waals surface area (Å²) < 4.78 is 0. The van der Waals surface area contributed by atoms with Crippen molar-refractivity contribution in [2.75, 3.05) is 11.1 Å². The maximum absolute atomic E-state index is 13.1. The minimum absolute atomic E-state index is 0.0743. The molecule has 0 radical (unpaired) electrons. The monoisotopic (exact) mass is 391 g/mol. The highest BCUT2D eigenvalue weighted by atomic mass is 32.1. The quantitative estimate of drug-likeness (QED) is 0.389. The lowest BCUT2D eigenvalue weighted by atomic mass is 9.95. The van der Waals surface area contributed by atoms with Crippen molar-refractivity contribution in [2.45, 2.75) is 12.5 Å². The average molecular weight is 391 g/mol. The molecule has 0 spiro atoms. The summed E-state index contributed by atoms with van der Waals surface area (Å²) in [7, 11) is 0. The van der Waals surface area contributed by atoms with Gasteiger partial charge >= 0.3 is 5.97 Å². The van der Waals surface area contributed by atoms with Crippen molar-refractivity contribution in [3.8, 4) is 11.1 Å². The van der Waals surface area contributed by atoms with Gasteiger partial charge in [0.1, 0.15) is 6.04 Å². The number of carboxylic acid groups (broad SMARTS) is 1. The van der Waals surface area contributed by atoms with Gasteiger partial charge in [-0.15, -0.1) is 0 Å². The van der Waals surface area contributed by atoms with E-state index >= 15 is 0 Å². The second kappa shape index (κ2) is 9.24. The van der Waals surface area contributed by atoms with Gasteiger partial charge in [0.2, 0.25) is 0 Å². The number of thiol groups is 1. The summed E-state index contributed by atoms with van der Waals surface area (Å²) in [6.45, 7) is 0. The van der Waals surface area contributed by atoms with Gasteiger partial charge in [-0.2, -0.15) is 12.6 Å². The molecule has 3 aromatic rings. The molecular weight excluding hydrogens is 370 g/mol. The third-order valence-corrected chi connectivity index (χ3v) is 4.82. The Bertz CT molecular complexity index is 958. The largest absolute Gasteiger partial charge is 0.480 e. The van der Waals surface area contributed by atoms with Crippen LogP contribution in [0.2, 0.25) is 0 Å². The molecular formula is C23H21NO3S. The fourth-order valence-corrected chi connectivity index (χ4v) is 3.28. The van der Waals surface area contributed by atoms with Crippen molar-refractivity contribution >= 4 is 30.1 Å². The molecule has 1 atom stereocenters. The van der Waals surface area contributed by atoms with E-state index in [1.165, 1.54) is 0 Å². The first-order valence-corrected chi connectivity index (χ1v) is 9.59. The fourth-order valence-electron chi connectivity index (χ4n) is 3.03. The first-order chi connectivity index (χ1) is 13.6. The minimum atomic E-state index is -1.01. The highest BCUT2D eigenvalue weighted by molar-refractivity contribution is 7.80. The molecule has 1 unspecified atom stereocenters. The van der Waals surface area contributed by atoms with Gasteiger partial charge in [-0.05, 0) is 17.2 Å². The molecule has 0 amide bonds. The topological polar surface area (TPSA) is 66.4 Å². The van der Waals surface area contributed by atoms with Crippen molar-refractivity contribution in [2.24, 2.45) is 0 Å². The Morgan fingerprint density at radius 2 is 1.54 bits per heavy atom. The lowest BCUT2D eigenvalue weighted by Crippen LogP contribution is -2.32. The Labute approximate surface area is 169 Å². The molecule has 0 aromatic heterocycles. The number of benzene rings is 3. The van der Waals surface area contributed by atoms with Gasteiger partial charge in [-0.25, -0.2) is 4.79 Å². The molecule has 0 saturated carbocycles. The molecule has 0 aliphatic heterocycles. The molecule has 0 bridgehead atoms. The molecule has 3 aromatic carbocycles. The number of ketones is 1. The smallest absolute Gasteiger partial charge is 0.326 e.